The molecule has 5 rings (SSSR count). The number of hydrogen-bond donors (Lipinski definition) is 2. The molecule has 0 saturated heterocycles. The van der Waals surface area contributed by atoms with Crippen LogP contribution < -0.4 is 9.47 Å². The summed E-state index contributed by atoms with van der Waals surface area (Å²) in [5.41, 5.74) is 3.95. The SMILES string of the molecule is CN(C)CCCOc1ccc2nc(-c3ccc(-c4nc5ccc(OCCCN(C)C)cc5[nH]4)c([N+](=O)[O-])c3)[nH]c2c1. The molecule has 2 N–H and O–H groups in total. The van der Waals surface area contributed by atoms with Crippen molar-refractivity contribution in [3.63, 3.8) is 0 Å². The molecular formula is C30H35N7O4. The second kappa shape index (κ2) is 12.4. The lowest BCUT2D eigenvalue weighted by atomic mass is 10.1. The summed E-state index contributed by atoms with van der Waals surface area (Å²) in [5.74, 6) is 2.44. The number of fused-ring (bicyclic) bond motifs is 2. The topological polar surface area (TPSA) is 125 Å². The average Bonchev–Trinajstić information content (AvgIpc) is 3.56. The largest absolute Gasteiger partial charge is 0.493 e. The zero-order valence-electron chi connectivity index (χ0n) is 23.8. The van der Waals surface area contributed by atoms with Gasteiger partial charge in [-0.25, -0.2) is 9.97 Å². The third-order valence-electron chi connectivity index (χ3n) is 6.67. The summed E-state index contributed by atoms with van der Waals surface area (Å²) in [7, 11) is 8.12. The minimum atomic E-state index is -0.395. The molecule has 0 aliphatic rings. The molecule has 41 heavy (non-hydrogen) atoms. The molecule has 0 radical (unpaired) electrons. The van der Waals surface area contributed by atoms with Crippen LogP contribution in [0.15, 0.2) is 54.6 Å². The van der Waals surface area contributed by atoms with Gasteiger partial charge in [0.2, 0.25) is 0 Å². The molecule has 0 unspecified atom stereocenters. The Morgan fingerprint density at radius 3 is 1.83 bits per heavy atom. The van der Waals surface area contributed by atoms with Crippen LogP contribution >= 0.6 is 0 Å². The van der Waals surface area contributed by atoms with Crippen LogP contribution in [0.25, 0.3) is 44.8 Å². The van der Waals surface area contributed by atoms with E-state index in [0.717, 1.165) is 54.0 Å². The van der Waals surface area contributed by atoms with Gasteiger partial charge in [0.15, 0.2) is 0 Å². The number of hydrogen-bond acceptors (Lipinski definition) is 8. The molecule has 0 amide bonds. The predicted molar refractivity (Wildman–Crippen MR) is 161 cm³/mol. The predicted octanol–water partition coefficient (Wildman–Crippen LogP) is 5.34. The van der Waals surface area contributed by atoms with Gasteiger partial charge >= 0.3 is 0 Å². The van der Waals surface area contributed by atoms with Crippen LogP contribution in [0, 0.1) is 10.1 Å². The molecule has 214 valence electrons. The van der Waals surface area contributed by atoms with Gasteiger partial charge in [-0.05, 0) is 71.4 Å². The fraction of sp³-hybridized carbons (Fsp3) is 0.333. The Labute approximate surface area is 238 Å². The highest BCUT2D eigenvalue weighted by Gasteiger charge is 2.21. The van der Waals surface area contributed by atoms with Gasteiger partial charge in [-0.1, -0.05) is 6.07 Å². The van der Waals surface area contributed by atoms with Gasteiger partial charge < -0.3 is 29.2 Å². The minimum Gasteiger partial charge on any atom is -0.493 e. The van der Waals surface area contributed by atoms with E-state index in [2.05, 4.69) is 29.7 Å². The Hall–Kier alpha value is -4.48. The van der Waals surface area contributed by atoms with E-state index in [-0.39, 0.29) is 5.69 Å². The maximum absolute atomic E-state index is 12.1. The maximum Gasteiger partial charge on any atom is 0.281 e. The van der Waals surface area contributed by atoms with Crippen LogP contribution in [0.2, 0.25) is 0 Å². The molecule has 0 aliphatic carbocycles. The van der Waals surface area contributed by atoms with Crippen molar-refractivity contribution in [1.29, 1.82) is 0 Å². The van der Waals surface area contributed by atoms with Crippen molar-refractivity contribution in [2.45, 2.75) is 12.8 Å². The van der Waals surface area contributed by atoms with Gasteiger partial charge in [0, 0.05) is 36.9 Å². The summed E-state index contributed by atoms with van der Waals surface area (Å²) in [6.45, 7) is 3.11. The maximum atomic E-state index is 12.1. The van der Waals surface area contributed by atoms with Gasteiger partial charge in [-0.3, -0.25) is 10.1 Å². The lowest BCUT2D eigenvalue weighted by Gasteiger charge is -2.10. The smallest absolute Gasteiger partial charge is 0.281 e. The van der Waals surface area contributed by atoms with E-state index in [4.69, 9.17) is 9.47 Å². The van der Waals surface area contributed by atoms with Crippen molar-refractivity contribution >= 4 is 27.8 Å². The van der Waals surface area contributed by atoms with Crippen LogP contribution in [0.4, 0.5) is 5.69 Å². The summed E-state index contributed by atoms with van der Waals surface area (Å²) in [6.07, 6.45) is 1.83. The number of nitro benzene ring substituents is 1. The molecule has 0 bridgehead atoms. The van der Waals surface area contributed by atoms with Crippen molar-refractivity contribution in [1.82, 2.24) is 29.7 Å². The standard InChI is InChI=1S/C30H35N7O4/c1-35(2)13-5-15-40-21-8-11-24-26(18-21)33-29(31-24)20-7-10-23(28(17-20)37(38)39)30-32-25-12-9-22(19-27(25)34-30)41-16-6-14-36(3)4/h7-12,17-19H,5-6,13-16H2,1-4H3,(H,31,33)(H,32,34). The first-order valence-corrected chi connectivity index (χ1v) is 13.6. The Morgan fingerprint density at radius 2 is 1.29 bits per heavy atom. The molecule has 11 nitrogen and oxygen atoms in total. The molecule has 11 heteroatoms. The molecule has 2 aromatic heterocycles. The fourth-order valence-electron chi connectivity index (χ4n) is 4.59. The molecule has 5 aromatic rings. The first-order chi connectivity index (χ1) is 19.8. The van der Waals surface area contributed by atoms with Crippen LogP contribution in [0.5, 0.6) is 11.5 Å². The van der Waals surface area contributed by atoms with E-state index in [0.29, 0.717) is 41.5 Å². The van der Waals surface area contributed by atoms with Crippen LogP contribution in [-0.4, -0.2) is 89.2 Å². The summed E-state index contributed by atoms with van der Waals surface area (Å²) in [4.78, 5) is 31.7. The van der Waals surface area contributed by atoms with Gasteiger partial charge in [0.05, 0.1) is 45.8 Å². The van der Waals surface area contributed by atoms with Crippen molar-refractivity contribution in [3.8, 4) is 34.3 Å². The number of benzene rings is 3. The Morgan fingerprint density at radius 1 is 0.756 bits per heavy atom. The summed E-state index contributed by atoms with van der Waals surface area (Å²) < 4.78 is 11.7. The highest BCUT2D eigenvalue weighted by Crippen LogP contribution is 2.34. The first kappa shape index (κ1) is 28.1. The Kier molecular flexibility index (Phi) is 8.46. The van der Waals surface area contributed by atoms with Crippen LogP contribution in [0.1, 0.15) is 12.8 Å². The van der Waals surface area contributed by atoms with Gasteiger partial charge in [-0.15, -0.1) is 0 Å². The summed E-state index contributed by atoms with van der Waals surface area (Å²) in [5, 5.41) is 12.1. The molecule has 0 aliphatic heterocycles. The number of imidazole rings is 2. The fourth-order valence-corrected chi connectivity index (χ4v) is 4.59. The molecule has 3 aromatic carbocycles. The number of aromatic amines is 2. The number of rotatable bonds is 13. The van der Waals surface area contributed by atoms with Gasteiger partial charge in [-0.2, -0.15) is 0 Å². The second-order valence-electron chi connectivity index (χ2n) is 10.5. The number of ether oxygens (including phenoxy) is 2. The number of H-pyrrole nitrogens is 2. The number of nitrogens with one attached hydrogen (secondary N) is 2. The van der Waals surface area contributed by atoms with E-state index in [9.17, 15) is 10.1 Å². The first-order valence-electron chi connectivity index (χ1n) is 13.6. The summed E-state index contributed by atoms with van der Waals surface area (Å²) in [6, 6.07) is 16.3. The average molecular weight is 558 g/mol. The highest BCUT2D eigenvalue weighted by molar-refractivity contribution is 5.85. The Balaban J connectivity index is 1.36. The number of nitro groups is 1. The normalized spacial score (nSPS) is 11.7. The lowest BCUT2D eigenvalue weighted by Crippen LogP contribution is -2.15. The van der Waals surface area contributed by atoms with Crippen molar-refractivity contribution in [2.75, 3.05) is 54.5 Å². The third kappa shape index (κ3) is 6.82. The number of aromatic nitrogens is 4. The van der Waals surface area contributed by atoms with E-state index < -0.39 is 4.92 Å². The van der Waals surface area contributed by atoms with Gasteiger partial charge in [0.25, 0.3) is 5.69 Å². The number of nitrogens with zero attached hydrogens (tertiary/aromatic N) is 5. The van der Waals surface area contributed by atoms with E-state index in [1.165, 1.54) is 6.07 Å². The van der Waals surface area contributed by atoms with E-state index in [1.807, 2.05) is 70.7 Å². The quantitative estimate of drug-likeness (QED) is 0.113. The lowest BCUT2D eigenvalue weighted by molar-refractivity contribution is -0.384. The van der Waals surface area contributed by atoms with Crippen molar-refractivity contribution in [3.05, 3.63) is 64.7 Å². The molecule has 0 saturated carbocycles. The molecule has 0 spiro atoms. The molecular weight excluding hydrogens is 522 g/mol. The molecule has 0 atom stereocenters. The van der Waals surface area contributed by atoms with E-state index >= 15 is 0 Å². The zero-order chi connectivity index (χ0) is 28.9. The molecule has 2 heterocycles. The monoisotopic (exact) mass is 557 g/mol. The van der Waals surface area contributed by atoms with Crippen molar-refractivity contribution in [2.24, 2.45) is 0 Å². The van der Waals surface area contributed by atoms with Crippen LogP contribution in [0.3, 0.4) is 0 Å². The van der Waals surface area contributed by atoms with Crippen LogP contribution in [-0.2, 0) is 0 Å². The highest BCUT2D eigenvalue weighted by atomic mass is 16.6. The van der Waals surface area contributed by atoms with Crippen molar-refractivity contribution < 1.29 is 14.4 Å². The minimum absolute atomic E-state index is 0.0629. The third-order valence-corrected chi connectivity index (χ3v) is 6.67. The Bertz CT molecular complexity index is 1660. The van der Waals surface area contributed by atoms with E-state index in [1.54, 1.807) is 6.07 Å². The van der Waals surface area contributed by atoms with Gasteiger partial charge in [0.1, 0.15) is 23.1 Å². The zero-order valence-corrected chi connectivity index (χ0v) is 23.8. The molecule has 0 fully saturated rings. The second-order valence-corrected chi connectivity index (χ2v) is 10.5. The summed E-state index contributed by atoms with van der Waals surface area (Å²) >= 11 is 0.